The molecular weight excluding hydrogens is 438 g/mol. The molecule has 2 aliphatic rings. The number of fused-ring (bicyclic) bond motifs is 1. The van der Waals surface area contributed by atoms with Crippen LogP contribution in [-0.2, 0) is 7.05 Å². The Bertz CT molecular complexity index is 1200. The number of aryl methyl sites for hydroxylation is 1. The van der Waals surface area contributed by atoms with Gasteiger partial charge in [0.25, 0.3) is 5.56 Å². The Morgan fingerprint density at radius 2 is 1.83 bits per heavy atom. The number of ketones is 1. The highest BCUT2D eigenvalue weighted by atomic mass is 16.5. The molecule has 4 rings (SSSR count). The first-order chi connectivity index (χ1) is 16.8. The molecule has 5 atom stereocenters. The lowest BCUT2D eigenvalue weighted by Crippen LogP contribution is -2.41. The Morgan fingerprint density at radius 3 is 2.46 bits per heavy atom. The molecule has 0 unspecified atom stereocenters. The number of hydrogen-bond donors (Lipinski definition) is 0. The van der Waals surface area contributed by atoms with Gasteiger partial charge in [0.05, 0.1) is 14.2 Å². The van der Waals surface area contributed by atoms with E-state index < -0.39 is 0 Å². The number of Topliss-reactive ketones (excluding diaryl/α,β-unsaturated/α-hetero) is 1. The van der Waals surface area contributed by atoms with E-state index in [1.807, 2.05) is 31.2 Å². The zero-order chi connectivity index (χ0) is 25.3. The zero-order valence-corrected chi connectivity index (χ0v) is 21.7. The molecule has 186 valence electrons. The average Bonchev–Trinajstić information content (AvgIpc) is 2.86. The van der Waals surface area contributed by atoms with E-state index in [4.69, 9.17) is 9.47 Å². The van der Waals surface area contributed by atoms with Gasteiger partial charge >= 0.3 is 0 Å². The van der Waals surface area contributed by atoms with Crippen molar-refractivity contribution < 1.29 is 14.3 Å². The molecule has 0 spiro atoms. The van der Waals surface area contributed by atoms with Crippen molar-refractivity contribution in [1.29, 1.82) is 0 Å². The molecule has 0 aliphatic heterocycles. The number of methoxy groups -OCH3 is 2. The third-order valence-corrected chi connectivity index (χ3v) is 8.00. The summed E-state index contributed by atoms with van der Waals surface area (Å²) in [5.41, 5.74) is 2.66. The minimum atomic E-state index is -0.384. The van der Waals surface area contributed by atoms with Crippen molar-refractivity contribution in [2.24, 2.45) is 36.6 Å². The molecule has 0 saturated heterocycles. The summed E-state index contributed by atoms with van der Waals surface area (Å²) in [5, 5.41) is 0. The van der Waals surface area contributed by atoms with Crippen molar-refractivity contribution in [1.82, 2.24) is 4.57 Å². The van der Waals surface area contributed by atoms with Crippen LogP contribution in [0.25, 0.3) is 11.1 Å². The Morgan fingerprint density at radius 1 is 1.11 bits per heavy atom. The number of ether oxygens (including phenoxy) is 2. The highest BCUT2D eigenvalue weighted by Crippen LogP contribution is 2.49. The van der Waals surface area contributed by atoms with Gasteiger partial charge in [-0.1, -0.05) is 49.3 Å². The summed E-state index contributed by atoms with van der Waals surface area (Å²) in [7, 11) is 4.84. The van der Waals surface area contributed by atoms with E-state index >= 15 is 0 Å². The van der Waals surface area contributed by atoms with Crippen molar-refractivity contribution >= 4 is 5.78 Å². The van der Waals surface area contributed by atoms with Crippen LogP contribution in [0.3, 0.4) is 0 Å². The molecule has 35 heavy (non-hydrogen) atoms. The Labute approximate surface area is 208 Å². The van der Waals surface area contributed by atoms with Gasteiger partial charge in [-0.25, -0.2) is 0 Å². The summed E-state index contributed by atoms with van der Waals surface area (Å²) in [6.45, 7) is 6.48. The molecule has 1 aromatic carbocycles. The third-order valence-electron chi connectivity index (χ3n) is 8.00. The van der Waals surface area contributed by atoms with Gasteiger partial charge in [0, 0.05) is 24.7 Å². The van der Waals surface area contributed by atoms with Crippen molar-refractivity contribution in [3.8, 4) is 22.6 Å². The summed E-state index contributed by atoms with van der Waals surface area (Å²) < 4.78 is 12.6. The molecule has 2 aromatic rings. The van der Waals surface area contributed by atoms with Crippen LogP contribution >= 0.6 is 0 Å². The molecule has 1 aromatic heterocycles. The van der Waals surface area contributed by atoms with Gasteiger partial charge in [-0.15, -0.1) is 0 Å². The molecule has 0 N–H and O–H groups in total. The SMILES string of the molecule is C/C=C/[C@@H]1[C@H]2C[C@@H](C)CC[C@@H]2C(C)=C[C@H]1C(=O)c1c(OC)c(-c2ccc(OC)cc2)cn(C)c1=O. The van der Waals surface area contributed by atoms with E-state index in [-0.39, 0.29) is 28.7 Å². The first kappa shape index (κ1) is 25.0. The average molecular weight is 476 g/mol. The lowest BCUT2D eigenvalue weighted by atomic mass is 9.59. The molecular formula is C30H37NO4. The number of benzene rings is 1. The first-order valence-corrected chi connectivity index (χ1v) is 12.6. The quantitative estimate of drug-likeness (QED) is 0.376. The predicted molar refractivity (Wildman–Crippen MR) is 140 cm³/mol. The fraction of sp³-hybridized carbons (Fsp3) is 0.467. The van der Waals surface area contributed by atoms with E-state index in [1.54, 1.807) is 20.4 Å². The van der Waals surface area contributed by atoms with E-state index in [1.165, 1.54) is 30.1 Å². The van der Waals surface area contributed by atoms with E-state index in [2.05, 4.69) is 32.1 Å². The Balaban J connectivity index is 1.85. The second kappa shape index (κ2) is 10.3. The monoisotopic (exact) mass is 475 g/mol. The van der Waals surface area contributed by atoms with E-state index in [0.29, 0.717) is 29.1 Å². The smallest absolute Gasteiger partial charge is 0.265 e. The zero-order valence-electron chi connectivity index (χ0n) is 21.7. The van der Waals surface area contributed by atoms with Gasteiger partial charge in [0.2, 0.25) is 0 Å². The molecule has 5 nitrogen and oxygen atoms in total. The number of hydrogen-bond acceptors (Lipinski definition) is 4. The molecule has 0 radical (unpaired) electrons. The van der Waals surface area contributed by atoms with Crippen molar-refractivity contribution in [2.75, 3.05) is 14.2 Å². The second-order valence-electron chi connectivity index (χ2n) is 10.2. The maximum absolute atomic E-state index is 14.2. The number of nitrogens with zero attached hydrogens (tertiary/aromatic N) is 1. The fourth-order valence-corrected chi connectivity index (χ4v) is 6.23. The largest absolute Gasteiger partial charge is 0.497 e. The Hall–Kier alpha value is -3.08. The summed E-state index contributed by atoms with van der Waals surface area (Å²) >= 11 is 0. The number of pyridine rings is 1. The van der Waals surface area contributed by atoms with Crippen LogP contribution in [0.15, 0.2) is 59.1 Å². The van der Waals surface area contributed by atoms with Crippen LogP contribution in [0, 0.1) is 29.6 Å². The maximum atomic E-state index is 14.2. The van der Waals surface area contributed by atoms with E-state index in [9.17, 15) is 9.59 Å². The van der Waals surface area contributed by atoms with Crippen LogP contribution in [-0.4, -0.2) is 24.6 Å². The molecule has 0 bridgehead atoms. The van der Waals surface area contributed by atoms with Crippen molar-refractivity contribution in [3.63, 3.8) is 0 Å². The molecule has 1 fully saturated rings. The van der Waals surface area contributed by atoms with Crippen LogP contribution in [0.4, 0.5) is 0 Å². The van der Waals surface area contributed by atoms with Crippen LogP contribution in [0.5, 0.6) is 11.5 Å². The lowest BCUT2D eigenvalue weighted by molar-refractivity contribution is 0.0802. The van der Waals surface area contributed by atoms with Gasteiger partial charge in [-0.2, -0.15) is 0 Å². The minimum absolute atomic E-state index is 0.0722. The van der Waals surface area contributed by atoms with E-state index in [0.717, 1.165) is 17.7 Å². The minimum Gasteiger partial charge on any atom is -0.497 e. The Kier molecular flexibility index (Phi) is 7.34. The normalized spacial score (nSPS) is 26.2. The summed E-state index contributed by atoms with van der Waals surface area (Å²) in [5.74, 6) is 2.17. The number of rotatable bonds is 6. The molecule has 1 saturated carbocycles. The van der Waals surface area contributed by atoms with Gasteiger partial charge in [0.15, 0.2) is 5.78 Å². The van der Waals surface area contributed by atoms with Gasteiger partial charge < -0.3 is 14.0 Å². The summed E-state index contributed by atoms with van der Waals surface area (Å²) in [6, 6.07) is 7.55. The van der Waals surface area contributed by atoms with Crippen LogP contribution in [0.1, 0.15) is 50.4 Å². The number of carbonyl (C=O) groups excluding carboxylic acids is 1. The second-order valence-corrected chi connectivity index (χ2v) is 10.2. The highest BCUT2D eigenvalue weighted by molar-refractivity contribution is 6.03. The molecule has 0 amide bonds. The van der Waals surface area contributed by atoms with Gasteiger partial charge in [0.1, 0.15) is 17.1 Å². The van der Waals surface area contributed by atoms with Crippen molar-refractivity contribution in [3.05, 3.63) is 70.2 Å². The van der Waals surface area contributed by atoms with Crippen molar-refractivity contribution in [2.45, 2.75) is 40.0 Å². The highest BCUT2D eigenvalue weighted by Gasteiger charge is 2.44. The summed E-state index contributed by atoms with van der Waals surface area (Å²) in [4.78, 5) is 27.6. The lowest BCUT2D eigenvalue weighted by Gasteiger charge is -2.45. The van der Waals surface area contributed by atoms with Gasteiger partial charge in [-0.3, -0.25) is 9.59 Å². The van der Waals surface area contributed by atoms with Crippen LogP contribution in [0.2, 0.25) is 0 Å². The number of allylic oxidation sites excluding steroid dienone is 4. The first-order valence-electron chi connectivity index (χ1n) is 12.6. The third kappa shape index (κ3) is 4.61. The number of aromatic nitrogens is 1. The number of carbonyl (C=O) groups is 1. The maximum Gasteiger partial charge on any atom is 0.265 e. The predicted octanol–water partition coefficient (Wildman–Crippen LogP) is 6.07. The summed E-state index contributed by atoms with van der Waals surface area (Å²) in [6.07, 6.45) is 11.6. The standard InChI is InChI=1S/C30H37NO4/c1-7-8-23-24-15-18(2)9-14-22(24)19(3)16-25(23)28(32)27-29(35-6)26(17-31(4)30(27)33)20-10-12-21(34-5)13-11-20/h7-8,10-13,16-18,22-25H,9,14-15H2,1-6H3/b8-7+/t18-,22+,23+,24-,25+/m0/s1. The molecule has 5 heteroatoms. The topological polar surface area (TPSA) is 57.5 Å². The molecule has 1 heterocycles. The molecule has 2 aliphatic carbocycles. The fourth-order valence-electron chi connectivity index (χ4n) is 6.23. The van der Waals surface area contributed by atoms with Crippen LogP contribution < -0.4 is 15.0 Å². The van der Waals surface area contributed by atoms with Gasteiger partial charge in [-0.05, 0) is 68.1 Å².